The van der Waals surface area contributed by atoms with E-state index in [-0.39, 0.29) is 29.1 Å². The molecule has 0 radical (unpaired) electrons. The van der Waals surface area contributed by atoms with E-state index in [9.17, 15) is 22.4 Å². The lowest BCUT2D eigenvalue weighted by Gasteiger charge is -2.32. The molecule has 1 N–H and O–H groups in total. The molecule has 0 bridgehead atoms. The minimum absolute atomic E-state index is 0.0335. The molecule has 1 fully saturated rings. The minimum Gasteiger partial charge on any atom is -0.352 e. The molecule has 3 aromatic carbocycles. The maximum Gasteiger partial charge on any atom is 0.264 e. The van der Waals surface area contributed by atoms with Crippen molar-refractivity contribution in [1.29, 1.82) is 0 Å². The van der Waals surface area contributed by atoms with E-state index in [0.29, 0.717) is 10.6 Å². The molecule has 3 aromatic rings. The smallest absolute Gasteiger partial charge is 0.264 e. The maximum absolute atomic E-state index is 14.9. The number of amides is 2. The lowest BCUT2D eigenvalue weighted by Crippen LogP contribution is -2.52. The largest absolute Gasteiger partial charge is 0.352 e. The summed E-state index contributed by atoms with van der Waals surface area (Å²) in [5, 5.41) is 3.53. The molecule has 1 aliphatic rings. The molecule has 0 saturated heterocycles. The van der Waals surface area contributed by atoms with E-state index in [0.717, 1.165) is 36.1 Å². The molecule has 4 rings (SSSR count). The predicted octanol–water partition coefficient (Wildman–Crippen LogP) is 5.15. The van der Waals surface area contributed by atoms with Crippen molar-refractivity contribution >= 4 is 39.1 Å². The van der Waals surface area contributed by atoms with Crippen LogP contribution in [0.2, 0.25) is 5.02 Å². The highest BCUT2D eigenvalue weighted by atomic mass is 35.5. The van der Waals surface area contributed by atoms with Crippen molar-refractivity contribution in [3.8, 4) is 0 Å². The Hall–Kier alpha value is -3.43. The highest BCUT2D eigenvalue weighted by Crippen LogP contribution is 2.27. The molecule has 10 heteroatoms. The van der Waals surface area contributed by atoms with E-state index in [1.807, 2.05) is 0 Å². The molecule has 0 heterocycles. The van der Waals surface area contributed by atoms with E-state index in [1.165, 1.54) is 35.2 Å². The maximum atomic E-state index is 14.9. The van der Waals surface area contributed by atoms with Gasteiger partial charge < -0.3 is 10.2 Å². The second kappa shape index (κ2) is 12.6. The van der Waals surface area contributed by atoms with E-state index in [1.54, 1.807) is 49.4 Å². The Kier molecular flexibility index (Phi) is 9.24. The van der Waals surface area contributed by atoms with Crippen molar-refractivity contribution in [3.63, 3.8) is 0 Å². The highest BCUT2D eigenvalue weighted by molar-refractivity contribution is 7.92. The number of sulfonamides is 1. The van der Waals surface area contributed by atoms with Crippen LogP contribution in [0.5, 0.6) is 0 Å². The van der Waals surface area contributed by atoms with Crippen LogP contribution in [-0.2, 0) is 26.2 Å². The molecule has 2 amide bonds. The van der Waals surface area contributed by atoms with Gasteiger partial charge in [0, 0.05) is 17.6 Å². The van der Waals surface area contributed by atoms with Crippen LogP contribution < -0.4 is 9.62 Å². The number of benzene rings is 3. The molecule has 0 unspecified atom stereocenters. The van der Waals surface area contributed by atoms with E-state index < -0.39 is 34.3 Å². The summed E-state index contributed by atoms with van der Waals surface area (Å²) < 4.78 is 43.0. The Labute approximate surface area is 233 Å². The summed E-state index contributed by atoms with van der Waals surface area (Å²) in [7, 11) is -4.32. The Morgan fingerprint density at radius 1 is 0.974 bits per heavy atom. The summed E-state index contributed by atoms with van der Waals surface area (Å²) in [4.78, 5) is 28.3. The fourth-order valence-corrected chi connectivity index (χ4v) is 6.22. The molecule has 7 nitrogen and oxygen atoms in total. The van der Waals surface area contributed by atoms with Gasteiger partial charge in [0.1, 0.15) is 18.4 Å². The van der Waals surface area contributed by atoms with Crippen LogP contribution in [0.25, 0.3) is 0 Å². The molecule has 1 atom stereocenters. The van der Waals surface area contributed by atoms with Crippen LogP contribution in [0, 0.1) is 5.82 Å². The number of para-hydroxylation sites is 1. The molecule has 0 aliphatic heterocycles. The quantitative estimate of drug-likeness (QED) is 0.365. The summed E-state index contributed by atoms with van der Waals surface area (Å²) in [6.07, 6.45) is 3.81. The Balaban J connectivity index is 1.68. The lowest BCUT2D eigenvalue weighted by atomic mass is 10.1. The molecular formula is C29H31ClFN3O4S. The first-order chi connectivity index (χ1) is 18.7. The number of halogens is 2. The number of nitrogens with zero attached hydrogens (tertiary/aromatic N) is 2. The van der Waals surface area contributed by atoms with Gasteiger partial charge in [-0.05, 0) is 61.7 Å². The standard InChI is InChI=1S/C29H31ClFN3O4S/c1-21(29(36)32-24-9-5-6-10-24)33(19-22-15-17-23(30)18-16-22)28(35)20-34(27-14-8-7-13-26(27)31)39(37,38)25-11-3-2-4-12-25/h2-4,7-8,11-18,21,24H,5-6,9-10,19-20H2,1H3,(H,32,36)/t21-/m0/s1. The Morgan fingerprint density at radius 2 is 1.59 bits per heavy atom. The highest BCUT2D eigenvalue weighted by Gasteiger charge is 2.34. The van der Waals surface area contributed by atoms with E-state index in [2.05, 4.69) is 5.32 Å². The first-order valence-electron chi connectivity index (χ1n) is 12.8. The Bertz CT molecular complexity index is 1400. The van der Waals surface area contributed by atoms with Gasteiger partial charge in [-0.15, -0.1) is 0 Å². The van der Waals surface area contributed by atoms with Crippen molar-refractivity contribution < 1.29 is 22.4 Å². The van der Waals surface area contributed by atoms with Gasteiger partial charge in [-0.2, -0.15) is 0 Å². The summed E-state index contributed by atoms with van der Waals surface area (Å²) in [6.45, 7) is 0.940. The van der Waals surface area contributed by atoms with Gasteiger partial charge in [0.15, 0.2) is 0 Å². The summed E-state index contributed by atoms with van der Waals surface area (Å²) in [6, 6.07) is 18.9. The first-order valence-corrected chi connectivity index (χ1v) is 14.6. The number of rotatable bonds is 10. The number of hydrogen-bond acceptors (Lipinski definition) is 4. The zero-order valence-corrected chi connectivity index (χ0v) is 23.2. The minimum atomic E-state index is -4.32. The molecule has 1 aliphatic carbocycles. The van der Waals surface area contributed by atoms with Crippen LogP contribution in [0.4, 0.5) is 10.1 Å². The van der Waals surface area contributed by atoms with Crippen LogP contribution >= 0.6 is 11.6 Å². The second-order valence-electron chi connectivity index (χ2n) is 9.59. The number of carbonyl (C=O) groups excluding carboxylic acids is 2. The van der Waals surface area contributed by atoms with Gasteiger partial charge in [0.2, 0.25) is 11.8 Å². The fourth-order valence-electron chi connectivity index (χ4n) is 4.65. The average Bonchev–Trinajstić information content (AvgIpc) is 3.45. The monoisotopic (exact) mass is 571 g/mol. The van der Waals surface area contributed by atoms with Crippen molar-refractivity contribution in [3.05, 3.63) is 95.3 Å². The molecule has 0 aromatic heterocycles. The first kappa shape index (κ1) is 28.6. The third-order valence-electron chi connectivity index (χ3n) is 6.87. The molecule has 39 heavy (non-hydrogen) atoms. The third kappa shape index (κ3) is 6.96. The van der Waals surface area contributed by atoms with E-state index >= 15 is 0 Å². The van der Waals surface area contributed by atoms with Crippen molar-refractivity contribution in [1.82, 2.24) is 10.2 Å². The number of anilines is 1. The molecule has 1 saturated carbocycles. The van der Waals surface area contributed by atoms with Crippen LogP contribution in [0.3, 0.4) is 0 Å². The summed E-state index contributed by atoms with van der Waals surface area (Å²) in [5.41, 5.74) is 0.445. The van der Waals surface area contributed by atoms with Crippen molar-refractivity contribution in [2.75, 3.05) is 10.8 Å². The van der Waals surface area contributed by atoms with Gasteiger partial charge in [-0.1, -0.05) is 66.9 Å². The zero-order valence-electron chi connectivity index (χ0n) is 21.6. The van der Waals surface area contributed by atoms with Crippen LogP contribution in [0.1, 0.15) is 38.2 Å². The number of nitrogens with one attached hydrogen (secondary N) is 1. The predicted molar refractivity (Wildman–Crippen MR) is 149 cm³/mol. The topological polar surface area (TPSA) is 86.8 Å². The summed E-state index contributed by atoms with van der Waals surface area (Å²) in [5.74, 6) is -1.77. The second-order valence-corrected chi connectivity index (χ2v) is 11.9. The summed E-state index contributed by atoms with van der Waals surface area (Å²) >= 11 is 6.03. The molecule has 0 spiro atoms. The normalized spacial score (nSPS) is 14.5. The number of carbonyl (C=O) groups is 2. The van der Waals surface area contributed by atoms with E-state index in [4.69, 9.17) is 11.6 Å². The number of hydrogen-bond donors (Lipinski definition) is 1. The van der Waals surface area contributed by atoms with Crippen molar-refractivity contribution in [2.45, 2.75) is 56.1 Å². The van der Waals surface area contributed by atoms with Gasteiger partial charge >= 0.3 is 0 Å². The average molecular weight is 572 g/mol. The van der Waals surface area contributed by atoms with Crippen LogP contribution in [-0.4, -0.2) is 43.8 Å². The van der Waals surface area contributed by atoms with Gasteiger partial charge in [-0.3, -0.25) is 13.9 Å². The zero-order chi connectivity index (χ0) is 28.0. The van der Waals surface area contributed by atoms with Gasteiger partial charge in [-0.25, -0.2) is 12.8 Å². The molecular weight excluding hydrogens is 541 g/mol. The van der Waals surface area contributed by atoms with Gasteiger partial charge in [0.25, 0.3) is 10.0 Å². The molecule has 206 valence electrons. The third-order valence-corrected chi connectivity index (χ3v) is 8.89. The fraction of sp³-hybridized carbons (Fsp3) is 0.310. The van der Waals surface area contributed by atoms with Crippen molar-refractivity contribution in [2.24, 2.45) is 0 Å². The Morgan fingerprint density at radius 3 is 2.23 bits per heavy atom. The SMILES string of the molecule is C[C@@H](C(=O)NC1CCCC1)N(Cc1ccc(Cl)cc1)C(=O)CN(c1ccccc1F)S(=O)(=O)c1ccccc1. The lowest BCUT2D eigenvalue weighted by molar-refractivity contribution is -0.139. The van der Waals surface area contributed by atoms with Crippen LogP contribution in [0.15, 0.2) is 83.8 Å². The van der Waals surface area contributed by atoms with Gasteiger partial charge in [0.05, 0.1) is 10.6 Å².